The summed E-state index contributed by atoms with van der Waals surface area (Å²) in [6, 6.07) is 1.12. The van der Waals surface area contributed by atoms with Crippen LogP contribution in [0.2, 0.25) is 5.02 Å². The number of nitrogens with zero attached hydrogens (tertiary/aromatic N) is 4. The molecule has 10 heteroatoms. The number of nitrogens with one attached hydrogen (secondary N) is 1. The molecule has 2 aromatic heterocycles. The highest BCUT2D eigenvalue weighted by atomic mass is 35.5. The number of hydrogen-bond acceptors (Lipinski definition) is 3. The maximum Gasteiger partial charge on any atom is 0.417 e. The van der Waals surface area contributed by atoms with Crippen LogP contribution in [0.4, 0.5) is 13.2 Å². The minimum Gasteiger partial charge on any atom is -0.370 e. The summed E-state index contributed by atoms with van der Waals surface area (Å²) in [5.41, 5.74) is 5.15. The first-order valence-corrected chi connectivity index (χ1v) is 8.39. The van der Waals surface area contributed by atoms with Crippen LogP contribution in [-0.4, -0.2) is 26.6 Å². The molecule has 6 nitrogen and oxygen atoms in total. The molecule has 1 saturated carbocycles. The predicted molar refractivity (Wildman–Crippen MR) is 88.3 cm³/mol. The molecule has 1 aliphatic carbocycles. The summed E-state index contributed by atoms with van der Waals surface area (Å²) in [5, 5.41) is 10.7. The largest absolute Gasteiger partial charge is 0.417 e. The van der Waals surface area contributed by atoms with Gasteiger partial charge in [-0.05, 0) is 18.9 Å². The lowest BCUT2D eigenvalue weighted by Gasteiger charge is -2.23. The van der Waals surface area contributed by atoms with Gasteiger partial charge in [0, 0.05) is 12.2 Å². The Morgan fingerprint density at radius 2 is 2.04 bits per heavy atom. The van der Waals surface area contributed by atoms with Gasteiger partial charge in [-0.15, -0.1) is 10.2 Å². The molecular weight excluding hydrogens is 357 g/mol. The van der Waals surface area contributed by atoms with Crippen molar-refractivity contribution in [2.24, 2.45) is 10.7 Å². The number of hydrogen-bond donors (Lipinski definition) is 2. The molecule has 25 heavy (non-hydrogen) atoms. The number of alkyl halides is 3. The molecule has 1 fully saturated rings. The van der Waals surface area contributed by atoms with Gasteiger partial charge >= 0.3 is 6.18 Å². The number of nitrogens with two attached hydrogens (primary N) is 1. The van der Waals surface area contributed by atoms with E-state index < -0.39 is 11.7 Å². The van der Waals surface area contributed by atoms with Crippen molar-refractivity contribution in [3.05, 3.63) is 28.7 Å². The molecule has 3 N–H and O–H groups in total. The fraction of sp³-hybridized carbons (Fsp3) is 0.533. The maximum atomic E-state index is 12.9. The van der Waals surface area contributed by atoms with E-state index in [0.717, 1.165) is 37.9 Å². The quantitative estimate of drug-likeness (QED) is 0.639. The minimum atomic E-state index is -4.51. The molecule has 2 heterocycles. The monoisotopic (exact) mass is 374 g/mol. The third kappa shape index (κ3) is 4.15. The number of aliphatic imine (C=N–C) groups is 1. The molecule has 0 aliphatic heterocycles. The van der Waals surface area contributed by atoms with Crippen molar-refractivity contribution >= 4 is 23.2 Å². The second-order valence-corrected chi connectivity index (χ2v) is 6.47. The molecule has 0 spiro atoms. The number of fused-ring (bicyclic) bond motifs is 1. The Morgan fingerprint density at radius 3 is 2.72 bits per heavy atom. The van der Waals surface area contributed by atoms with Crippen LogP contribution in [-0.2, 0) is 12.7 Å². The van der Waals surface area contributed by atoms with Gasteiger partial charge < -0.3 is 11.1 Å². The SMILES string of the molecule is NC(=NCc1nnc2c(Cl)cc(C(F)(F)F)cn12)NC1CCCCC1. The van der Waals surface area contributed by atoms with Crippen molar-refractivity contribution in [2.75, 3.05) is 0 Å². The summed E-state index contributed by atoms with van der Waals surface area (Å²) in [4.78, 5) is 4.17. The Balaban J connectivity index is 1.79. The molecule has 3 rings (SSSR count). The molecule has 2 aromatic rings. The van der Waals surface area contributed by atoms with E-state index in [2.05, 4.69) is 20.5 Å². The van der Waals surface area contributed by atoms with Gasteiger partial charge in [-0.25, -0.2) is 4.99 Å². The van der Waals surface area contributed by atoms with E-state index in [4.69, 9.17) is 17.3 Å². The van der Waals surface area contributed by atoms with Crippen LogP contribution in [0.1, 0.15) is 43.5 Å². The molecule has 0 saturated heterocycles. The number of guanidine groups is 1. The van der Waals surface area contributed by atoms with E-state index in [1.807, 2.05) is 0 Å². The Labute approximate surface area is 147 Å². The van der Waals surface area contributed by atoms with Crippen LogP contribution in [0, 0.1) is 0 Å². The van der Waals surface area contributed by atoms with Crippen LogP contribution >= 0.6 is 11.6 Å². The second-order valence-electron chi connectivity index (χ2n) is 6.07. The highest BCUT2D eigenvalue weighted by Gasteiger charge is 2.32. The van der Waals surface area contributed by atoms with Crippen molar-refractivity contribution in [3.8, 4) is 0 Å². The van der Waals surface area contributed by atoms with E-state index in [0.29, 0.717) is 6.04 Å². The smallest absolute Gasteiger partial charge is 0.370 e. The molecular formula is C15H18ClF3N6. The lowest BCUT2D eigenvalue weighted by atomic mass is 9.96. The molecule has 0 unspecified atom stereocenters. The van der Waals surface area contributed by atoms with E-state index >= 15 is 0 Å². The van der Waals surface area contributed by atoms with Gasteiger partial charge in [0.2, 0.25) is 0 Å². The van der Waals surface area contributed by atoms with Gasteiger partial charge in [0.25, 0.3) is 0 Å². The first-order valence-electron chi connectivity index (χ1n) is 8.01. The van der Waals surface area contributed by atoms with Crippen molar-refractivity contribution in [2.45, 2.75) is 50.9 Å². The first kappa shape index (κ1) is 17.8. The van der Waals surface area contributed by atoms with E-state index in [1.54, 1.807) is 0 Å². The molecule has 0 atom stereocenters. The lowest BCUT2D eigenvalue weighted by Crippen LogP contribution is -2.41. The van der Waals surface area contributed by atoms with Gasteiger partial charge in [0.05, 0.1) is 10.6 Å². The number of rotatable bonds is 3. The van der Waals surface area contributed by atoms with E-state index in [1.165, 1.54) is 10.8 Å². The summed E-state index contributed by atoms with van der Waals surface area (Å²) in [5.74, 6) is 0.484. The average molecular weight is 375 g/mol. The number of aromatic nitrogens is 3. The number of halogens is 4. The van der Waals surface area contributed by atoms with Crippen molar-refractivity contribution in [1.82, 2.24) is 19.9 Å². The minimum absolute atomic E-state index is 0.00432. The van der Waals surface area contributed by atoms with Crippen molar-refractivity contribution < 1.29 is 13.2 Å². The third-order valence-corrected chi connectivity index (χ3v) is 4.48. The maximum absolute atomic E-state index is 12.9. The van der Waals surface area contributed by atoms with E-state index in [-0.39, 0.29) is 29.0 Å². The summed E-state index contributed by atoms with van der Waals surface area (Å²) < 4.78 is 40.0. The highest BCUT2D eigenvalue weighted by molar-refractivity contribution is 6.33. The molecule has 0 bridgehead atoms. The standard InChI is InChI=1S/C15H18ClF3N6/c16-11-6-9(15(17,18)19)8-25-12(23-24-13(11)25)7-21-14(20)22-10-4-2-1-3-5-10/h6,8,10H,1-5,7H2,(H3,20,21,22). The predicted octanol–water partition coefficient (Wildman–Crippen LogP) is 3.14. The van der Waals surface area contributed by atoms with Crippen LogP contribution < -0.4 is 11.1 Å². The Bertz CT molecular complexity index is 779. The second kappa shape index (κ2) is 7.07. The summed E-state index contributed by atoms with van der Waals surface area (Å²) in [6.45, 7) is 0.00432. The van der Waals surface area contributed by atoms with Crippen LogP contribution in [0.3, 0.4) is 0 Å². The average Bonchev–Trinajstić information content (AvgIpc) is 2.97. The Kier molecular flexibility index (Phi) is 5.03. The molecule has 0 radical (unpaired) electrons. The van der Waals surface area contributed by atoms with E-state index in [9.17, 15) is 13.2 Å². The zero-order valence-electron chi connectivity index (χ0n) is 13.4. The number of pyridine rings is 1. The molecule has 0 amide bonds. The Hall–Kier alpha value is -2.03. The normalized spacial score (nSPS) is 17.2. The van der Waals surface area contributed by atoms with Crippen LogP contribution in [0.15, 0.2) is 17.3 Å². The summed E-state index contributed by atoms with van der Waals surface area (Å²) in [6.07, 6.45) is 2.00. The van der Waals surface area contributed by atoms with Gasteiger partial charge in [-0.1, -0.05) is 30.9 Å². The fourth-order valence-corrected chi connectivity index (χ4v) is 3.17. The summed E-state index contributed by atoms with van der Waals surface area (Å²) >= 11 is 5.88. The first-order chi connectivity index (χ1) is 11.8. The Morgan fingerprint density at radius 1 is 1.32 bits per heavy atom. The highest BCUT2D eigenvalue weighted by Crippen LogP contribution is 2.32. The third-order valence-electron chi connectivity index (χ3n) is 4.21. The lowest BCUT2D eigenvalue weighted by molar-refractivity contribution is -0.137. The van der Waals surface area contributed by atoms with Crippen molar-refractivity contribution in [3.63, 3.8) is 0 Å². The zero-order valence-corrected chi connectivity index (χ0v) is 14.1. The molecule has 136 valence electrons. The topological polar surface area (TPSA) is 80.6 Å². The van der Waals surface area contributed by atoms with Gasteiger partial charge in [0.15, 0.2) is 17.4 Å². The fourth-order valence-electron chi connectivity index (χ4n) is 2.92. The van der Waals surface area contributed by atoms with Crippen LogP contribution in [0.25, 0.3) is 5.65 Å². The molecule has 0 aromatic carbocycles. The van der Waals surface area contributed by atoms with Gasteiger partial charge in [0.1, 0.15) is 6.54 Å². The van der Waals surface area contributed by atoms with Crippen LogP contribution in [0.5, 0.6) is 0 Å². The summed E-state index contributed by atoms with van der Waals surface area (Å²) in [7, 11) is 0. The van der Waals surface area contributed by atoms with Gasteiger partial charge in [-0.2, -0.15) is 13.2 Å². The molecule has 1 aliphatic rings. The zero-order chi connectivity index (χ0) is 18.0. The van der Waals surface area contributed by atoms with Gasteiger partial charge in [-0.3, -0.25) is 4.40 Å². The van der Waals surface area contributed by atoms with Crippen molar-refractivity contribution in [1.29, 1.82) is 0 Å².